The second kappa shape index (κ2) is 8.61. The molecule has 0 radical (unpaired) electrons. The summed E-state index contributed by atoms with van der Waals surface area (Å²) in [5.74, 6) is -0.115. The number of aromatic amines is 1. The molecule has 5 nitrogen and oxygen atoms in total. The van der Waals surface area contributed by atoms with Crippen molar-refractivity contribution < 1.29 is 4.79 Å². The van der Waals surface area contributed by atoms with Crippen molar-refractivity contribution in [2.24, 2.45) is 0 Å². The van der Waals surface area contributed by atoms with Gasteiger partial charge in [0.25, 0.3) is 5.91 Å². The van der Waals surface area contributed by atoms with Gasteiger partial charge in [0.2, 0.25) is 0 Å². The van der Waals surface area contributed by atoms with Crippen molar-refractivity contribution in [3.63, 3.8) is 0 Å². The highest BCUT2D eigenvalue weighted by Crippen LogP contribution is 2.18. The molecule has 29 heavy (non-hydrogen) atoms. The van der Waals surface area contributed by atoms with Crippen molar-refractivity contribution in [3.8, 4) is 0 Å². The molecule has 2 aromatic heterocycles. The fourth-order valence-electron chi connectivity index (χ4n) is 3.32. The maximum Gasteiger partial charge on any atom is 0.252 e. The largest absolute Gasteiger partial charge is 0.380 e. The first kappa shape index (κ1) is 18.7. The average Bonchev–Trinajstić information content (AvgIpc) is 3.17. The van der Waals surface area contributed by atoms with E-state index in [9.17, 15) is 4.79 Å². The highest BCUT2D eigenvalue weighted by molar-refractivity contribution is 5.94. The first-order valence-corrected chi connectivity index (χ1v) is 9.77. The molecule has 146 valence electrons. The summed E-state index contributed by atoms with van der Waals surface area (Å²) in [6, 6.07) is 18.4. The average molecular weight is 384 g/mol. The highest BCUT2D eigenvalue weighted by Gasteiger charge is 2.08. The lowest BCUT2D eigenvalue weighted by molar-refractivity contribution is 0.0954. The van der Waals surface area contributed by atoms with Crippen molar-refractivity contribution in [1.29, 1.82) is 0 Å². The van der Waals surface area contributed by atoms with Crippen LogP contribution in [0.15, 0.2) is 73.2 Å². The van der Waals surface area contributed by atoms with Crippen LogP contribution in [0.2, 0.25) is 0 Å². The lowest BCUT2D eigenvalue weighted by atomic mass is 10.1. The molecule has 0 atom stereocenters. The Morgan fingerprint density at radius 3 is 2.76 bits per heavy atom. The number of H-pyrrole nitrogens is 1. The smallest absolute Gasteiger partial charge is 0.252 e. The molecule has 5 heteroatoms. The molecule has 0 saturated heterocycles. The van der Waals surface area contributed by atoms with Gasteiger partial charge < -0.3 is 15.6 Å². The van der Waals surface area contributed by atoms with Crippen molar-refractivity contribution in [3.05, 3.63) is 95.4 Å². The number of para-hydroxylation sites is 1. The summed E-state index contributed by atoms with van der Waals surface area (Å²) in [7, 11) is 0. The van der Waals surface area contributed by atoms with Crippen LogP contribution < -0.4 is 10.6 Å². The van der Waals surface area contributed by atoms with Gasteiger partial charge in [-0.15, -0.1) is 0 Å². The van der Waals surface area contributed by atoms with E-state index in [2.05, 4.69) is 63.9 Å². The number of aromatic nitrogens is 2. The third-order valence-corrected chi connectivity index (χ3v) is 4.97. The van der Waals surface area contributed by atoms with Crippen LogP contribution in [0.4, 0.5) is 5.69 Å². The summed E-state index contributed by atoms with van der Waals surface area (Å²) in [6.07, 6.45) is 6.11. The molecule has 0 unspecified atom stereocenters. The number of anilines is 1. The van der Waals surface area contributed by atoms with E-state index in [1.165, 1.54) is 22.1 Å². The minimum atomic E-state index is -0.115. The zero-order valence-corrected chi connectivity index (χ0v) is 16.4. The molecule has 0 saturated carbocycles. The van der Waals surface area contributed by atoms with Crippen LogP contribution >= 0.6 is 0 Å². The Morgan fingerprint density at radius 1 is 1.07 bits per heavy atom. The molecule has 4 aromatic rings. The summed E-state index contributed by atoms with van der Waals surface area (Å²) in [5.41, 5.74) is 6.12. The maximum absolute atomic E-state index is 12.5. The Bertz CT molecular complexity index is 1120. The topological polar surface area (TPSA) is 69.8 Å². The van der Waals surface area contributed by atoms with Gasteiger partial charge in [-0.3, -0.25) is 9.78 Å². The van der Waals surface area contributed by atoms with Gasteiger partial charge in [-0.1, -0.05) is 48.0 Å². The first-order valence-electron chi connectivity index (χ1n) is 9.77. The van der Waals surface area contributed by atoms with Crippen molar-refractivity contribution >= 4 is 22.5 Å². The van der Waals surface area contributed by atoms with Crippen LogP contribution in [0.5, 0.6) is 0 Å². The first-order chi connectivity index (χ1) is 14.2. The fourth-order valence-corrected chi connectivity index (χ4v) is 3.32. The van der Waals surface area contributed by atoms with Gasteiger partial charge in [-0.25, -0.2) is 0 Å². The van der Waals surface area contributed by atoms with Gasteiger partial charge in [0.1, 0.15) is 0 Å². The molecule has 0 bridgehead atoms. The summed E-state index contributed by atoms with van der Waals surface area (Å²) in [5, 5.41) is 7.52. The molecular formula is C24H24N4O. The number of rotatable bonds is 7. The number of nitrogens with zero attached hydrogens (tertiary/aromatic N) is 1. The summed E-state index contributed by atoms with van der Waals surface area (Å²) >= 11 is 0. The number of nitrogens with one attached hydrogen (secondary N) is 3. The predicted molar refractivity (Wildman–Crippen MR) is 117 cm³/mol. The van der Waals surface area contributed by atoms with Crippen LogP contribution in [0, 0.1) is 6.92 Å². The molecule has 2 aromatic carbocycles. The number of pyridine rings is 1. The number of hydrogen-bond donors (Lipinski definition) is 3. The molecule has 0 spiro atoms. The van der Waals surface area contributed by atoms with Crippen LogP contribution in [-0.2, 0) is 13.0 Å². The lowest BCUT2D eigenvalue weighted by Crippen LogP contribution is -2.25. The Kier molecular flexibility index (Phi) is 5.56. The number of carbonyl (C=O) groups is 1. The normalized spacial score (nSPS) is 10.8. The van der Waals surface area contributed by atoms with E-state index in [1.807, 2.05) is 24.4 Å². The number of hydrogen-bond acceptors (Lipinski definition) is 3. The second-order valence-corrected chi connectivity index (χ2v) is 7.17. The van der Waals surface area contributed by atoms with E-state index in [4.69, 9.17) is 0 Å². The number of amides is 1. The van der Waals surface area contributed by atoms with E-state index >= 15 is 0 Å². The number of fused-ring (bicyclic) bond motifs is 1. The molecule has 4 rings (SSSR count). The zero-order chi connectivity index (χ0) is 20.1. The molecule has 2 heterocycles. The molecular weight excluding hydrogens is 360 g/mol. The van der Waals surface area contributed by atoms with E-state index in [0.717, 1.165) is 17.6 Å². The number of carbonyl (C=O) groups excluding carboxylic acids is 1. The SMILES string of the molecule is Cc1ccc(CNc2cncc(C(=O)NCCc3c[nH]c4ccccc34)c2)cc1. The quantitative estimate of drug-likeness (QED) is 0.441. The monoisotopic (exact) mass is 384 g/mol. The fraction of sp³-hybridized carbons (Fsp3) is 0.167. The van der Waals surface area contributed by atoms with E-state index in [1.54, 1.807) is 12.4 Å². The van der Waals surface area contributed by atoms with Crippen molar-refractivity contribution in [1.82, 2.24) is 15.3 Å². The molecule has 0 aliphatic rings. The lowest BCUT2D eigenvalue weighted by Gasteiger charge is -2.09. The molecule has 0 fully saturated rings. The minimum absolute atomic E-state index is 0.115. The Morgan fingerprint density at radius 2 is 1.90 bits per heavy atom. The standard InChI is InChI=1S/C24H24N4O/c1-17-6-8-18(9-7-17)13-27-21-12-20(14-25-16-21)24(29)26-11-10-19-15-28-23-5-3-2-4-22(19)23/h2-9,12,14-16,27-28H,10-11,13H2,1H3,(H,26,29). The zero-order valence-electron chi connectivity index (χ0n) is 16.4. The molecule has 0 aliphatic heterocycles. The Hall–Kier alpha value is -3.60. The van der Waals surface area contributed by atoms with Gasteiger partial charge in [0, 0.05) is 42.6 Å². The van der Waals surface area contributed by atoms with Crippen molar-refractivity contribution in [2.75, 3.05) is 11.9 Å². The third kappa shape index (κ3) is 4.63. The van der Waals surface area contributed by atoms with Gasteiger partial charge in [-0.05, 0) is 36.6 Å². The minimum Gasteiger partial charge on any atom is -0.380 e. The van der Waals surface area contributed by atoms with Crippen LogP contribution in [0.25, 0.3) is 10.9 Å². The second-order valence-electron chi connectivity index (χ2n) is 7.17. The van der Waals surface area contributed by atoms with E-state index in [-0.39, 0.29) is 5.91 Å². The van der Waals surface area contributed by atoms with Gasteiger partial charge in [0.15, 0.2) is 0 Å². The number of aryl methyl sites for hydroxylation is 1. The van der Waals surface area contributed by atoms with E-state index in [0.29, 0.717) is 18.7 Å². The highest BCUT2D eigenvalue weighted by atomic mass is 16.1. The maximum atomic E-state index is 12.5. The number of benzene rings is 2. The summed E-state index contributed by atoms with van der Waals surface area (Å²) in [4.78, 5) is 20.0. The summed E-state index contributed by atoms with van der Waals surface area (Å²) < 4.78 is 0. The van der Waals surface area contributed by atoms with E-state index < -0.39 is 0 Å². The van der Waals surface area contributed by atoms with Crippen molar-refractivity contribution in [2.45, 2.75) is 19.9 Å². The predicted octanol–water partition coefficient (Wildman–Crippen LogP) is 4.46. The molecule has 0 aliphatic carbocycles. The van der Waals surface area contributed by atoms with Gasteiger partial charge in [-0.2, -0.15) is 0 Å². The molecule has 1 amide bonds. The Labute approximate surface area is 170 Å². The van der Waals surface area contributed by atoms with Crippen LogP contribution in [0.3, 0.4) is 0 Å². The third-order valence-electron chi connectivity index (χ3n) is 4.97. The van der Waals surface area contributed by atoms with Crippen LogP contribution in [-0.4, -0.2) is 22.4 Å². The summed E-state index contributed by atoms with van der Waals surface area (Å²) in [6.45, 7) is 3.33. The van der Waals surface area contributed by atoms with Gasteiger partial charge in [0.05, 0.1) is 11.3 Å². The Balaban J connectivity index is 1.32. The van der Waals surface area contributed by atoms with Gasteiger partial charge >= 0.3 is 0 Å². The molecule has 3 N–H and O–H groups in total. The van der Waals surface area contributed by atoms with Crippen LogP contribution in [0.1, 0.15) is 27.0 Å².